The van der Waals surface area contributed by atoms with Crippen LogP contribution in [0.5, 0.6) is 0 Å². The van der Waals surface area contributed by atoms with Crippen molar-refractivity contribution in [3.05, 3.63) is 33.7 Å². The highest BCUT2D eigenvalue weighted by Gasteiger charge is 2.45. The molecule has 9 heteroatoms. The molecule has 0 bridgehead atoms. The number of unbranched alkanes of at least 4 members (excludes halogenated alkanes) is 8. The Bertz CT molecular complexity index is 922. The molecule has 38 heavy (non-hydrogen) atoms. The zero-order valence-corrected chi connectivity index (χ0v) is 24.6. The van der Waals surface area contributed by atoms with Crippen molar-refractivity contribution in [2.24, 2.45) is 16.0 Å². The maximum Gasteiger partial charge on any atom is 0.253 e. The minimum atomic E-state index is -0.544. The van der Waals surface area contributed by atoms with Gasteiger partial charge < -0.3 is 11.1 Å². The van der Waals surface area contributed by atoms with E-state index in [1.807, 2.05) is 24.1 Å². The number of hydrogen-bond donors (Lipinski definition) is 2. The number of nitroso groups, excluding NO2 is 1. The maximum atomic E-state index is 12.8. The first kappa shape index (κ1) is 30.6. The summed E-state index contributed by atoms with van der Waals surface area (Å²) in [5.74, 6) is 2.00. The third kappa shape index (κ3) is 8.78. The first-order valence-corrected chi connectivity index (χ1v) is 15.5. The van der Waals surface area contributed by atoms with Gasteiger partial charge >= 0.3 is 0 Å². The number of nitrogens with one attached hydrogen (secondary N) is 1. The van der Waals surface area contributed by atoms with E-state index < -0.39 is 5.54 Å². The van der Waals surface area contributed by atoms with Gasteiger partial charge in [-0.15, -0.1) is 4.91 Å². The summed E-state index contributed by atoms with van der Waals surface area (Å²) in [5.41, 5.74) is 9.54. The number of amides is 1. The van der Waals surface area contributed by atoms with Crippen LogP contribution < -0.4 is 16.1 Å². The van der Waals surface area contributed by atoms with E-state index in [0.29, 0.717) is 0 Å². The lowest BCUT2D eigenvalue weighted by atomic mass is 9.89. The van der Waals surface area contributed by atoms with Crippen molar-refractivity contribution in [2.75, 3.05) is 37.4 Å². The first-order valence-electron chi connectivity index (χ1n) is 14.5. The number of benzene rings is 1. The molecule has 2 heterocycles. The number of carbonyl (C=O) groups excluding carboxylic acids is 1. The number of hydrogen-bond acceptors (Lipinski definition) is 7. The van der Waals surface area contributed by atoms with E-state index in [1.165, 1.54) is 66.6 Å². The average molecular weight is 545 g/mol. The van der Waals surface area contributed by atoms with E-state index in [-0.39, 0.29) is 5.91 Å². The van der Waals surface area contributed by atoms with E-state index in [9.17, 15) is 9.70 Å². The van der Waals surface area contributed by atoms with Gasteiger partial charge in [0.2, 0.25) is 0 Å². The Hall–Kier alpha value is -1.97. The Balaban J connectivity index is 1.34. The van der Waals surface area contributed by atoms with Crippen molar-refractivity contribution >= 4 is 29.4 Å². The molecule has 2 aliphatic rings. The maximum absolute atomic E-state index is 12.8. The second-order valence-corrected chi connectivity index (χ2v) is 12.1. The van der Waals surface area contributed by atoms with Crippen LogP contribution in [0.1, 0.15) is 93.7 Å². The van der Waals surface area contributed by atoms with Crippen LogP contribution in [0, 0.1) is 18.8 Å². The van der Waals surface area contributed by atoms with Gasteiger partial charge in [-0.25, -0.2) is 5.01 Å². The zero-order chi connectivity index (χ0) is 27.4. The Morgan fingerprint density at radius 2 is 1.58 bits per heavy atom. The molecule has 0 aromatic heterocycles. The molecule has 1 aromatic rings. The Labute approximate surface area is 233 Å². The summed E-state index contributed by atoms with van der Waals surface area (Å²) < 4.78 is 2.39. The quantitative estimate of drug-likeness (QED) is 0.111. The van der Waals surface area contributed by atoms with Crippen molar-refractivity contribution in [1.29, 1.82) is 0 Å². The molecular formula is C29H48N6O2S. The van der Waals surface area contributed by atoms with E-state index in [1.54, 1.807) is 7.05 Å². The predicted molar refractivity (Wildman–Crippen MR) is 161 cm³/mol. The lowest BCUT2D eigenvalue weighted by Gasteiger charge is -2.34. The van der Waals surface area contributed by atoms with Crippen LogP contribution in [0.2, 0.25) is 0 Å². The van der Waals surface area contributed by atoms with Gasteiger partial charge in [0.05, 0.1) is 11.0 Å². The lowest BCUT2D eigenvalue weighted by Crippen LogP contribution is -2.47. The van der Waals surface area contributed by atoms with Gasteiger partial charge in [0.1, 0.15) is 11.4 Å². The molecule has 2 aliphatic heterocycles. The Kier molecular flexibility index (Phi) is 12.5. The lowest BCUT2D eigenvalue weighted by molar-refractivity contribution is -0.124. The van der Waals surface area contributed by atoms with Gasteiger partial charge in [0.25, 0.3) is 5.91 Å². The van der Waals surface area contributed by atoms with E-state index in [0.717, 1.165) is 75.4 Å². The molecular weight excluding hydrogens is 496 g/mol. The van der Waals surface area contributed by atoms with Crippen molar-refractivity contribution in [1.82, 2.24) is 9.62 Å². The van der Waals surface area contributed by atoms with Gasteiger partial charge in [-0.1, -0.05) is 56.9 Å². The highest BCUT2D eigenvalue weighted by molar-refractivity contribution is 7.97. The van der Waals surface area contributed by atoms with E-state index >= 15 is 0 Å². The zero-order valence-electron chi connectivity index (χ0n) is 23.8. The molecule has 0 atom stereocenters. The number of carbonyl (C=O) groups is 1. The van der Waals surface area contributed by atoms with Crippen molar-refractivity contribution < 1.29 is 4.79 Å². The number of aliphatic imine (C=N–C) groups is 1. The second kappa shape index (κ2) is 15.6. The van der Waals surface area contributed by atoms with Crippen molar-refractivity contribution in [3.63, 3.8) is 0 Å². The number of amidine groups is 1. The van der Waals surface area contributed by atoms with Crippen LogP contribution in [0.4, 0.5) is 5.69 Å². The standard InChI is InChI=1S/C29H48N6O2S/c1-23-21-25(34(3)33-37)22-24(2)26(23)14-20-38-35-18-15-29(16-19-35)28(36)31-27(32-29)13-11-9-7-5-4-6-8-10-12-17-30/h21-22H,4-20,30H2,1-3H3,(H,31,32,36). The molecule has 1 amide bonds. The Morgan fingerprint density at radius 1 is 1.00 bits per heavy atom. The molecule has 0 unspecified atom stereocenters. The fraction of sp³-hybridized carbons (Fsp3) is 0.724. The molecule has 1 saturated heterocycles. The number of rotatable bonds is 17. The minimum absolute atomic E-state index is 0.107. The molecule has 1 spiro atoms. The Morgan fingerprint density at radius 3 is 2.16 bits per heavy atom. The summed E-state index contributed by atoms with van der Waals surface area (Å²) in [5, 5.41) is 7.47. The first-order chi connectivity index (χ1) is 18.4. The van der Waals surface area contributed by atoms with Gasteiger partial charge in [-0.2, -0.15) is 0 Å². The topological polar surface area (TPSA) is 103 Å². The molecule has 8 nitrogen and oxygen atoms in total. The fourth-order valence-electron chi connectivity index (χ4n) is 5.58. The number of nitrogens with zero attached hydrogens (tertiary/aromatic N) is 4. The van der Waals surface area contributed by atoms with Crippen LogP contribution in [0.3, 0.4) is 0 Å². The van der Waals surface area contributed by atoms with Gasteiger partial charge in [0.15, 0.2) is 0 Å². The van der Waals surface area contributed by atoms with Crippen LogP contribution >= 0.6 is 11.9 Å². The summed E-state index contributed by atoms with van der Waals surface area (Å²) in [4.78, 5) is 28.6. The third-order valence-electron chi connectivity index (χ3n) is 8.00. The summed E-state index contributed by atoms with van der Waals surface area (Å²) in [6, 6.07) is 4.05. The summed E-state index contributed by atoms with van der Waals surface area (Å²) >= 11 is 1.87. The molecule has 0 radical (unpaired) electrons. The number of piperidine rings is 1. The highest BCUT2D eigenvalue weighted by Crippen LogP contribution is 2.33. The number of anilines is 1. The minimum Gasteiger partial charge on any atom is -0.330 e. The molecule has 1 aromatic carbocycles. The van der Waals surface area contributed by atoms with Crippen molar-refractivity contribution in [3.8, 4) is 0 Å². The second-order valence-electron chi connectivity index (χ2n) is 10.9. The monoisotopic (exact) mass is 544 g/mol. The van der Waals surface area contributed by atoms with Gasteiger partial charge in [-0.3, -0.25) is 14.1 Å². The van der Waals surface area contributed by atoms with E-state index in [4.69, 9.17) is 10.7 Å². The van der Waals surface area contributed by atoms with Crippen LogP contribution in [0.25, 0.3) is 0 Å². The molecule has 212 valence electrons. The fourth-order valence-corrected chi connectivity index (χ4v) is 6.57. The smallest absolute Gasteiger partial charge is 0.253 e. The molecule has 0 aliphatic carbocycles. The summed E-state index contributed by atoms with van der Waals surface area (Å²) in [6.45, 7) is 6.77. The third-order valence-corrected chi connectivity index (χ3v) is 9.12. The van der Waals surface area contributed by atoms with Crippen molar-refractivity contribution in [2.45, 2.75) is 103 Å². The molecule has 3 N–H and O–H groups in total. The highest BCUT2D eigenvalue weighted by atomic mass is 32.2. The van der Waals surface area contributed by atoms with Gasteiger partial charge in [-0.05, 0) is 81.3 Å². The van der Waals surface area contributed by atoms with Crippen LogP contribution in [-0.2, 0) is 11.2 Å². The molecule has 1 fully saturated rings. The molecule has 0 saturated carbocycles. The van der Waals surface area contributed by atoms with E-state index in [2.05, 4.69) is 28.8 Å². The van der Waals surface area contributed by atoms with Gasteiger partial charge in [0, 0.05) is 32.3 Å². The SMILES string of the molecule is Cc1cc(N(C)N=O)cc(C)c1CCSN1CCC2(CC1)N=C(CCCCCCCCCCCN)NC2=O. The largest absolute Gasteiger partial charge is 0.330 e. The van der Waals surface area contributed by atoms with Crippen LogP contribution in [0.15, 0.2) is 22.4 Å². The predicted octanol–water partition coefficient (Wildman–Crippen LogP) is 5.83. The normalized spacial score (nSPS) is 17.1. The summed E-state index contributed by atoms with van der Waals surface area (Å²) in [6.07, 6.45) is 14.7. The average Bonchev–Trinajstić information content (AvgIpc) is 3.21. The van der Waals surface area contributed by atoms with Crippen LogP contribution in [-0.4, -0.2) is 54.0 Å². The molecule has 3 rings (SSSR count). The number of nitrogens with two attached hydrogens (primary N) is 1. The summed E-state index contributed by atoms with van der Waals surface area (Å²) in [7, 11) is 1.67. The number of aryl methyl sites for hydroxylation is 2.